The van der Waals surface area contributed by atoms with Crippen molar-refractivity contribution in [2.75, 3.05) is 5.73 Å². The highest BCUT2D eigenvalue weighted by Crippen LogP contribution is 2.28. The Balaban J connectivity index is 1.90. The first-order valence-electron chi connectivity index (χ1n) is 6.24. The largest absolute Gasteiger partial charge is 0.487 e. The first-order valence-corrected chi connectivity index (χ1v) is 7.04. The van der Waals surface area contributed by atoms with Gasteiger partial charge in [-0.1, -0.05) is 28.1 Å². The molecule has 0 amide bonds. The summed E-state index contributed by atoms with van der Waals surface area (Å²) in [6.07, 6.45) is 1.74. The van der Waals surface area contributed by atoms with E-state index >= 15 is 0 Å². The predicted molar refractivity (Wildman–Crippen MR) is 84.6 cm³/mol. The molecule has 100 valence electrons. The lowest BCUT2D eigenvalue weighted by Crippen LogP contribution is -1.98. The fourth-order valence-corrected chi connectivity index (χ4v) is 2.52. The molecule has 2 aromatic carbocycles. The standard InChI is InChI=1S/C16H13BrN2O/c17-12-4-1-3-11(9-12)10-20-15-7-6-14(18)13-5-2-8-19-16(13)15/h1-9H,10,18H2. The maximum absolute atomic E-state index is 5.95. The van der Waals surface area contributed by atoms with Crippen LogP contribution < -0.4 is 10.5 Å². The number of nitrogens with two attached hydrogens (primary N) is 1. The van der Waals surface area contributed by atoms with Crippen molar-refractivity contribution in [2.24, 2.45) is 0 Å². The summed E-state index contributed by atoms with van der Waals surface area (Å²) in [4.78, 5) is 4.36. The molecular formula is C16H13BrN2O. The van der Waals surface area contributed by atoms with E-state index < -0.39 is 0 Å². The summed E-state index contributed by atoms with van der Waals surface area (Å²) >= 11 is 3.45. The second kappa shape index (κ2) is 5.51. The molecule has 0 saturated heterocycles. The monoisotopic (exact) mass is 328 g/mol. The topological polar surface area (TPSA) is 48.1 Å². The average molecular weight is 329 g/mol. The SMILES string of the molecule is Nc1ccc(OCc2cccc(Br)c2)c2ncccc12. The third-order valence-corrected chi connectivity index (χ3v) is 3.54. The molecule has 0 aliphatic heterocycles. The van der Waals surface area contributed by atoms with Crippen molar-refractivity contribution in [2.45, 2.75) is 6.61 Å². The molecule has 3 aromatic rings. The molecule has 0 spiro atoms. The van der Waals surface area contributed by atoms with Crippen molar-refractivity contribution in [1.82, 2.24) is 4.98 Å². The van der Waals surface area contributed by atoms with Gasteiger partial charge >= 0.3 is 0 Å². The van der Waals surface area contributed by atoms with Gasteiger partial charge in [-0.3, -0.25) is 4.98 Å². The van der Waals surface area contributed by atoms with Gasteiger partial charge in [0, 0.05) is 21.7 Å². The van der Waals surface area contributed by atoms with Crippen molar-refractivity contribution in [3.05, 3.63) is 64.8 Å². The second-order valence-electron chi connectivity index (χ2n) is 4.47. The van der Waals surface area contributed by atoms with E-state index in [1.165, 1.54) is 0 Å². The Morgan fingerprint density at radius 3 is 2.85 bits per heavy atom. The van der Waals surface area contributed by atoms with Gasteiger partial charge in [0.15, 0.2) is 0 Å². The number of benzene rings is 2. The Morgan fingerprint density at radius 2 is 2.00 bits per heavy atom. The van der Waals surface area contributed by atoms with Gasteiger partial charge in [0.1, 0.15) is 17.9 Å². The Hall–Kier alpha value is -2.07. The fraction of sp³-hybridized carbons (Fsp3) is 0.0625. The fourth-order valence-electron chi connectivity index (χ4n) is 2.07. The van der Waals surface area contributed by atoms with Crippen LogP contribution in [0.4, 0.5) is 5.69 Å². The molecule has 4 heteroatoms. The van der Waals surface area contributed by atoms with Crippen molar-refractivity contribution in [3.8, 4) is 5.75 Å². The number of hydrogen-bond donors (Lipinski definition) is 1. The number of rotatable bonds is 3. The zero-order valence-electron chi connectivity index (χ0n) is 10.7. The van der Waals surface area contributed by atoms with E-state index in [-0.39, 0.29) is 0 Å². The van der Waals surface area contributed by atoms with Crippen LogP contribution in [-0.2, 0) is 6.61 Å². The molecular weight excluding hydrogens is 316 g/mol. The maximum Gasteiger partial charge on any atom is 0.146 e. The molecule has 0 aliphatic carbocycles. The number of pyridine rings is 1. The molecule has 0 aliphatic rings. The van der Waals surface area contributed by atoms with Crippen LogP contribution >= 0.6 is 15.9 Å². The third kappa shape index (κ3) is 2.60. The Bertz CT molecular complexity index is 758. The van der Waals surface area contributed by atoms with Crippen LogP contribution in [0.25, 0.3) is 10.9 Å². The lowest BCUT2D eigenvalue weighted by molar-refractivity contribution is 0.309. The van der Waals surface area contributed by atoms with Crippen molar-refractivity contribution < 1.29 is 4.74 Å². The van der Waals surface area contributed by atoms with Crippen LogP contribution in [0, 0.1) is 0 Å². The van der Waals surface area contributed by atoms with E-state index in [9.17, 15) is 0 Å². The van der Waals surface area contributed by atoms with Gasteiger partial charge in [-0.05, 0) is 42.0 Å². The molecule has 3 nitrogen and oxygen atoms in total. The molecule has 2 N–H and O–H groups in total. The minimum atomic E-state index is 0.495. The summed E-state index contributed by atoms with van der Waals surface area (Å²) in [7, 11) is 0. The molecule has 3 rings (SSSR count). The summed E-state index contributed by atoms with van der Waals surface area (Å²) in [5, 5.41) is 0.916. The van der Waals surface area contributed by atoms with Gasteiger partial charge in [0.25, 0.3) is 0 Å². The number of nitrogen functional groups attached to an aromatic ring is 1. The van der Waals surface area contributed by atoms with Crippen LogP contribution in [0.1, 0.15) is 5.56 Å². The van der Waals surface area contributed by atoms with Crippen molar-refractivity contribution in [1.29, 1.82) is 0 Å². The highest BCUT2D eigenvalue weighted by molar-refractivity contribution is 9.10. The second-order valence-corrected chi connectivity index (χ2v) is 5.39. The van der Waals surface area contributed by atoms with Gasteiger partial charge < -0.3 is 10.5 Å². The third-order valence-electron chi connectivity index (χ3n) is 3.05. The normalized spacial score (nSPS) is 10.7. The molecule has 0 fully saturated rings. The number of hydrogen-bond acceptors (Lipinski definition) is 3. The van der Waals surface area contributed by atoms with E-state index in [0.29, 0.717) is 12.3 Å². The quantitative estimate of drug-likeness (QED) is 0.734. The number of nitrogens with zero attached hydrogens (tertiary/aromatic N) is 1. The van der Waals surface area contributed by atoms with Crippen LogP contribution in [0.3, 0.4) is 0 Å². The van der Waals surface area contributed by atoms with Crippen LogP contribution in [0.15, 0.2) is 59.2 Å². The molecule has 1 aromatic heterocycles. The van der Waals surface area contributed by atoms with E-state index in [1.54, 1.807) is 6.20 Å². The van der Waals surface area contributed by atoms with E-state index in [4.69, 9.17) is 10.5 Å². The highest BCUT2D eigenvalue weighted by Gasteiger charge is 2.06. The van der Waals surface area contributed by atoms with Gasteiger partial charge in [-0.15, -0.1) is 0 Å². The number of fused-ring (bicyclic) bond motifs is 1. The van der Waals surface area contributed by atoms with Gasteiger partial charge in [-0.2, -0.15) is 0 Å². The van der Waals surface area contributed by atoms with Crippen molar-refractivity contribution >= 4 is 32.5 Å². The lowest BCUT2D eigenvalue weighted by Gasteiger charge is -2.10. The molecule has 0 saturated carbocycles. The maximum atomic E-state index is 5.95. The molecule has 0 unspecified atom stereocenters. The molecule has 0 atom stereocenters. The lowest BCUT2D eigenvalue weighted by atomic mass is 10.1. The first kappa shape index (κ1) is 12.9. The van der Waals surface area contributed by atoms with Gasteiger partial charge in [0.2, 0.25) is 0 Å². The summed E-state index contributed by atoms with van der Waals surface area (Å²) in [6, 6.07) is 15.6. The van der Waals surface area contributed by atoms with Crippen LogP contribution in [-0.4, -0.2) is 4.98 Å². The highest BCUT2D eigenvalue weighted by atomic mass is 79.9. The number of aromatic nitrogens is 1. The number of ether oxygens (including phenoxy) is 1. The molecule has 1 heterocycles. The summed E-state index contributed by atoms with van der Waals surface area (Å²) in [5.74, 6) is 0.745. The van der Waals surface area contributed by atoms with Crippen LogP contribution in [0.2, 0.25) is 0 Å². The summed E-state index contributed by atoms with van der Waals surface area (Å²) in [5.41, 5.74) is 8.55. The van der Waals surface area contributed by atoms with Gasteiger partial charge in [-0.25, -0.2) is 0 Å². The van der Waals surface area contributed by atoms with E-state index in [2.05, 4.69) is 20.9 Å². The zero-order chi connectivity index (χ0) is 13.9. The predicted octanol–water partition coefficient (Wildman–Crippen LogP) is 4.16. The van der Waals surface area contributed by atoms with Crippen molar-refractivity contribution in [3.63, 3.8) is 0 Å². The minimum Gasteiger partial charge on any atom is -0.487 e. The minimum absolute atomic E-state index is 0.495. The summed E-state index contributed by atoms with van der Waals surface area (Å²) < 4.78 is 6.92. The Labute approximate surface area is 125 Å². The molecule has 0 radical (unpaired) electrons. The van der Waals surface area contributed by atoms with Crippen LogP contribution in [0.5, 0.6) is 5.75 Å². The molecule has 0 bridgehead atoms. The number of halogens is 1. The van der Waals surface area contributed by atoms with E-state index in [1.807, 2.05) is 48.5 Å². The van der Waals surface area contributed by atoms with E-state index in [0.717, 1.165) is 26.7 Å². The van der Waals surface area contributed by atoms with Gasteiger partial charge in [0.05, 0.1) is 0 Å². The first-order chi connectivity index (χ1) is 9.74. The summed E-state index contributed by atoms with van der Waals surface area (Å²) in [6.45, 7) is 0.495. The molecule has 20 heavy (non-hydrogen) atoms. The average Bonchev–Trinajstić information content (AvgIpc) is 2.47. The Morgan fingerprint density at radius 1 is 1.10 bits per heavy atom. The smallest absolute Gasteiger partial charge is 0.146 e. The zero-order valence-corrected chi connectivity index (χ0v) is 12.3. The number of anilines is 1. The Kier molecular flexibility index (Phi) is 3.56.